The van der Waals surface area contributed by atoms with Crippen molar-refractivity contribution in [2.45, 2.75) is 39.3 Å². The molecule has 8 nitrogen and oxygen atoms in total. The molecule has 0 saturated carbocycles. The van der Waals surface area contributed by atoms with Crippen molar-refractivity contribution in [3.05, 3.63) is 82.9 Å². The normalized spacial score (nSPS) is 26.0. The first kappa shape index (κ1) is 25.6. The second kappa shape index (κ2) is 8.24. The molecule has 0 bridgehead atoms. The first-order valence-electron chi connectivity index (χ1n) is 14.2. The van der Waals surface area contributed by atoms with Gasteiger partial charge in [-0.15, -0.1) is 0 Å². The summed E-state index contributed by atoms with van der Waals surface area (Å²) < 4.78 is 35.4. The van der Waals surface area contributed by atoms with Crippen molar-refractivity contribution in [2.75, 3.05) is 26.4 Å². The van der Waals surface area contributed by atoms with Crippen LogP contribution in [-0.4, -0.2) is 38.4 Å². The predicted octanol–water partition coefficient (Wildman–Crippen LogP) is 6.21. The first-order valence-corrected chi connectivity index (χ1v) is 14.2. The van der Waals surface area contributed by atoms with E-state index in [0.29, 0.717) is 49.1 Å². The van der Waals surface area contributed by atoms with Crippen molar-refractivity contribution in [1.82, 2.24) is 0 Å². The zero-order valence-corrected chi connectivity index (χ0v) is 23.9. The molecule has 4 aliphatic rings. The molecular weight excluding hydrogens is 536 g/mol. The van der Waals surface area contributed by atoms with Crippen LogP contribution in [0.25, 0.3) is 21.5 Å². The number of carbonyl (C=O) groups is 2. The molecule has 2 atom stereocenters. The SMILES string of the molecule is CC1(C)COC12OC(=O)c1ccc3cc(OCCOc4ccc5c6c(ccc5c4)C(=O)OC64OCC4(C)C)ccc3c12. The van der Waals surface area contributed by atoms with Gasteiger partial charge in [-0.1, -0.05) is 52.0 Å². The van der Waals surface area contributed by atoms with Crippen LogP contribution in [-0.2, 0) is 30.5 Å². The number of fused-ring (bicyclic) bond motifs is 8. The van der Waals surface area contributed by atoms with Gasteiger partial charge in [-0.25, -0.2) is 9.59 Å². The molecule has 0 radical (unpaired) electrons. The summed E-state index contributed by atoms with van der Waals surface area (Å²) in [5, 5.41) is 3.72. The molecule has 8 heteroatoms. The Hall–Kier alpha value is -4.14. The molecule has 0 aliphatic carbocycles. The van der Waals surface area contributed by atoms with Gasteiger partial charge in [-0.3, -0.25) is 0 Å². The minimum Gasteiger partial charge on any atom is -0.490 e. The van der Waals surface area contributed by atoms with E-state index in [1.165, 1.54) is 0 Å². The van der Waals surface area contributed by atoms with E-state index in [1.807, 2.05) is 76.2 Å². The summed E-state index contributed by atoms with van der Waals surface area (Å²) in [6.45, 7) is 9.93. The van der Waals surface area contributed by atoms with Crippen molar-refractivity contribution in [2.24, 2.45) is 10.8 Å². The van der Waals surface area contributed by atoms with Gasteiger partial charge in [0.1, 0.15) is 24.7 Å². The summed E-state index contributed by atoms with van der Waals surface area (Å²) in [5.74, 6) is -1.38. The van der Waals surface area contributed by atoms with Crippen LogP contribution in [0.15, 0.2) is 60.7 Å². The number of rotatable bonds is 5. The molecule has 4 aromatic rings. The lowest BCUT2D eigenvalue weighted by atomic mass is 9.73. The van der Waals surface area contributed by atoms with E-state index in [0.717, 1.165) is 32.7 Å². The summed E-state index contributed by atoms with van der Waals surface area (Å²) in [5.41, 5.74) is 2.07. The molecule has 4 heterocycles. The van der Waals surface area contributed by atoms with Crippen LogP contribution >= 0.6 is 0 Å². The third-order valence-corrected chi connectivity index (χ3v) is 9.23. The van der Waals surface area contributed by atoms with E-state index in [4.69, 9.17) is 28.4 Å². The van der Waals surface area contributed by atoms with E-state index in [-0.39, 0.29) is 22.8 Å². The number of benzene rings is 4. The van der Waals surface area contributed by atoms with Gasteiger partial charge >= 0.3 is 11.9 Å². The van der Waals surface area contributed by atoms with Gasteiger partial charge in [0.05, 0.1) is 35.2 Å². The second-order valence-corrected chi connectivity index (χ2v) is 12.8. The standard InChI is InChI=1S/C34H30O8/c1-31(2)17-39-33(31)27-23-11-7-21(15-19(23)5-9-25(27)29(35)41-33)37-13-14-38-22-8-12-24-20(16-22)6-10-26-28(24)34(42-30(26)36)32(3,4)18-40-34/h5-12,15-16H,13-14,17-18H2,1-4H3. The molecule has 2 spiro atoms. The quantitative estimate of drug-likeness (QED) is 0.208. The van der Waals surface area contributed by atoms with Crippen molar-refractivity contribution in [3.63, 3.8) is 0 Å². The monoisotopic (exact) mass is 566 g/mol. The summed E-state index contributed by atoms with van der Waals surface area (Å²) in [7, 11) is 0. The Morgan fingerprint density at radius 2 is 1.05 bits per heavy atom. The Balaban J connectivity index is 0.985. The van der Waals surface area contributed by atoms with Gasteiger partial charge in [-0.2, -0.15) is 0 Å². The van der Waals surface area contributed by atoms with Gasteiger partial charge in [-0.05, 0) is 57.9 Å². The smallest absolute Gasteiger partial charge is 0.341 e. The van der Waals surface area contributed by atoms with Crippen molar-refractivity contribution in [3.8, 4) is 11.5 Å². The van der Waals surface area contributed by atoms with Gasteiger partial charge in [0.25, 0.3) is 0 Å². The van der Waals surface area contributed by atoms with Gasteiger partial charge in [0, 0.05) is 11.1 Å². The molecule has 8 rings (SSSR count). The maximum absolute atomic E-state index is 12.6. The molecule has 0 amide bonds. The highest BCUT2D eigenvalue weighted by Crippen LogP contribution is 2.59. The fourth-order valence-electron chi connectivity index (χ4n) is 6.78. The van der Waals surface area contributed by atoms with E-state index in [9.17, 15) is 9.59 Å². The van der Waals surface area contributed by atoms with Gasteiger partial charge in [0.15, 0.2) is 0 Å². The van der Waals surface area contributed by atoms with E-state index < -0.39 is 11.6 Å². The van der Waals surface area contributed by atoms with Crippen LogP contribution < -0.4 is 9.47 Å². The number of ether oxygens (including phenoxy) is 6. The van der Waals surface area contributed by atoms with E-state index in [2.05, 4.69) is 0 Å². The predicted molar refractivity (Wildman–Crippen MR) is 153 cm³/mol. The minimum atomic E-state index is -1.04. The Kier molecular flexibility index (Phi) is 5.01. The highest BCUT2D eigenvalue weighted by Gasteiger charge is 2.65. The Bertz CT molecular complexity index is 1720. The topological polar surface area (TPSA) is 89.5 Å². The van der Waals surface area contributed by atoms with Crippen LogP contribution in [0.1, 0.15) is 59.5 Å². The molecule has 2 unspecified atom stereocenters. The number of hydrogen-bond donors (Lipinski definition) is 0. The molecule has 4 aromatic carbocycles. The molecular formula is C34H30O8. The molecule has 2 fully saturated rings. The summed E-state index contributed by atoms with van der Waals surface area (Å²) in [4.78, 5) is 25.2. The molecule has 214 valence electrons. The van der Waals surface area contributed by atoms with Crippen LogP contribution in [0, 0.1) is 10.8 Å². The Labute approximate surface area is 242 Å². The molecule has 0 N–H and O–H groups in total. The minimum absolute atomic E-state index is 0.314. The lowest BCUT2D eigenvalue weighted by Crippen LogP contribution is -2.57. The van der Waals surface area contributed by atoms with E-state index in [1.54, 1.807) is 12.1 Å². The fraction of sp³-hybridized carbons (Fsp3) is 0.353. The second-order valence-electron chi connectivity index (χ2n) is 12.8. The zero-order chi connectivity index (χ0) is 29.1. The highest BCUT2D eigenvalue weighted by atomic mass is 16.7. The van der Waals surface area contributed by atoms with Crippen LogP contribution in [0.3, 0.4) is 0 Å². The number of esters is 2. The van der Waals surface area contributed by atoms with Crippen molar-refractivity contribution in [1.29, 1.82) is 0 Å². The number of carbonyl (C=O) groups excluding carboxylic acids is 2. The molecule has 0 aromatic heterocycles. The van der Waals surface area contributed by atoms with Gasteiger partial charge in [0.2, 0.25) is 11.6 Å². The Morgan fingerprint density at radius 3 is 1.40 bits per heavy atom. The number of hydrogen-bond acceptors (Lipinski definition) is 8. The van der Waals surface area contributed by atoms with Crippen LogP contribution in [0.5, 0.6) is 11.5 Å². The third-order valence-electron chi connectivity index (χ3n) is 9.23. The van der Waals surface area contributed by atoms with Crippen LogP contribution in [0.2, 0.25) is 0 Å². The summed E-state index contributed by atoms with van der Waals surface area (Å²) in [6, 6.07) is 19.0. The van der Waals surface area contributed by atoms with Gasteiger partial charge < -0.3 is 28.4 Å². The molecule has 4 aliphatic heterocycles. The average Bonchev–Trinajstić information content (AvgIpc) is 3.48. The van der Waals surface area contributed by atoms with Crippen molar-refractivity contribution >= 4 is 33.5 Å². The maximum Gasteiger partial charge on any atom is 0.341 e. The molecule has 2 saturated heterocycles. The average molecular weight is 567 g/mol. The highest BCUT2D eigenvalue weighted by molar-refractivity contribution is 6.04. The molecule has 42 heavy (non-hydrogen) atoms. The van der Waals surface area contributed by atoms with Crippen LogP contribution in [0.4, 0.5) is 0 Å². The lowest BCUT2D eigenvalue weighted by Gasteiger charge is -2.51. The fourth-order valence-corrected chi connectivity index (χ4v) is 6.78. The third kappa shape index (κ3) is 3.19. The first-order chi connectivity index (χ1) is 20.1. The lowest BCUT2D eigenvalue weighted by molar-refractivity contribution is -0.365. The summed E-state index contributed by atoms with van der Waals surface area (Å²) >= 11 is 0. The largest absolute Gasteiger partial charge is 0.490 e. The van der Waals surface area contributed by atoms with E-state index >= 15 is 0 Å². The van der Waals surface area contributed by atoms with Crippen molar-refractivity contribution < 1.29 is 38.0 Å². The Morgan fingerprint density at radius 1 is 0.619 bits per heavy atom. The maximum atomic E-state index is 12.6. The zero-order valence-electron chi connectivity index (χ0n) is 23.9. The summed E-state index contributed by atoms with van der Waals surface area (Å²) in [6.07, 6.45) is 0.